The number of carbonyl (C=O) groups is 1. The molecule has 2 aromatic rings. The van der Waals surface area contributed by atoms with E-state index < -0.39 is 0 Å². The third-order valence-corrected chi connectivity index (χ3v) is 5.85. The van der Waals surface area contributed by atoms with Gasteiger partial charge in [0, 0.05) is 18.5 Å². The predicted octanol–water partition coefficient (Wildman–Crippen LogP) is 5.95. The summed E-state index contributed by atoms with van der Waals surface area (Å²) in [5.74, 6) is 1.57. The highest BCUT2D eigenvalue weighted by molar-refractivity contribution is 5.79. The molecule has 1 saturated carbocycles. The first kappa shape index (κ1) is 19.5. The summed E-state index contributed by atoms with van der Waals surface area (Å²) >= 11 is 0. The smallest absolute Gasteiger partial charge is 0.133 e. The Bertz CT molecular complexity index is 726. The molecule has 0 spiro atoms. The molecule has 1 N–H and O–H groups in total. The van der Waals surface area contributed by atoms with Crippen LogP contribution in [0.15, 0.2) is 54.6 Å². The maximum Gasteiger partial charge on any atom is 0.133 e. The van der Waals surface area contributed by atoms with E-state index in [0.717, 1.165) is 50.0 Å². The molecule has 0 radical (unpaired) electrons. The first-order valence-corrected chi connectivity index (χ1v) is 10.2. The van der Waals surface area contributed by atoms with Crippen molar-refractivity contribution in [2.45, 2.75) is 57.4 Å². The highest BCUT2D eigenvalue weighted by Gasteiger charge is 2.41. The van der Waals surface area contributed by atoms with Crippen LogP contribution < -0.4 is 10.1 Å². The normalized spacial score (nSPS) is 19.3. The number of unbranched alkanes of at least 4 members (excludes halogenated alkanes) is 1. The van der Waals surface area contributed by atoms with Gasteiger partial charge in [-0.25, -0.2) is 0 Å². The Morgan fingerprint density at radius 3 is 2.48 bits per heavy atom. The number of nitrogens with one attached hydrogen (secondary N) is 1. The van der Waals surface area contributed by atoms with Crippen LogP contribution >= 0.6 is 0 Å². The fourth-order valence-corrected chi connectivity index (χ4v) is 4.39. The molecular formula is C24H31NO2. The fourth-order valence-electron chi connectivity index (χ4n) is 4.39. The van der Waals surface area contributed by atoms with Crippen LogP contribution in [0, 0.1) is 5.92 Å². The predicted molar refractivity (Wildman–Crippen MR) is 111 cm³/mol. The molecule has 27 heavy (non-hydrogen) atoms. The van der Waals surface area contributed by atoms with Gasteiger partial charge in [0.2, 0.25) is 0 Å². The number of anilines is 1. The lowest BCUT2D eigenvalue weighted by Gasteiger charge is -2.44. The van der Waals surface area contributed by atoms with Crippen molar-refractivity contribution in [3.8, 4) is 5.75 Å². The van der Waals surface area contributed by atoms with Crippen LogP contribution in [-0.4, -0.2) is 12.9 Å². The maximum absolute atomic E-state index is 12.3. The minimum atomic E-state index is -0.220. The summed E-state index contributed by atoms with van der Waals surface area (Å²) in [5.41, 5.74) is 2.14. The standard InChI is InChI=1S/C24H31NO2/c1-3-4-17-24(19-9-6-5-7-10-19,20-11-8-12-22(26)18-20)25-21-13-15-23(27-2)16-14-21/h5-7,9-10,13-16,20,25H,3-4,8,11-12,17-18H2,1-2H3/t20?,24-/m0/s1. The number of carbonyl (C=O) groups excluding carboxylic acids is 1. The summed E-state index contributed by atoms with van der Waals surface area (Å²) in [4.78, 5) is 12.3. The van der Waals surface area contributed by atoms with Gasteiger partial charge < -0.3 is 10.1 Å². The van der Waals surface area contributed by atoms with Crippen molar-refractivity contribution in [3.63, 3.8) is 0 Å². The summed E-state index contributed by atoms with van der Waals surface area (Å²) in [6, 6.07) is 18.8. The Kier molecular flexibility index (Phi) is 6.54. The molecule has 3 nitrogen and oxygen atoms in total. The lowest BCUT2D eigenvalue weighted by molar-refractivity contribution is -0.122. The van der Waals surface area contributed by atoms with Crippen molar-refractivity contribution < 1.29 is 9.53 Å². The number of Topliss-reactive ketones (excluding diaryl/α,β-unsaturated/α-hetero) is 1. The van der Waals surface area contributed by atoms with E-state index in [2.05, 4.69) is 54.7 Å². The third kappa shape index (κ3) is 4.52. The highest BCUT2D eigenvalue weighted by atomic mass is 16.5. The van der Waals surface area contributed by atoms with Crippen molar-refractivity contribution in [1.29, 1.82) is 0 Å². The number of rotatable bonds is 8. The zero-order valence-electron chi connectivity index (χ0n) is 16.5. The number of methoxy groups -OCH3 is 1. The van der Waals surface area contributed by atoms with Gasteiger partial charge in [0.25, 0.3) is 0 Å². The quantitative estimate of drug-likeness (QED) is 0.628. The van der Waals surface area contributed by atoms with Crippen LogP contribution in [0.2, 0.25) is 0 Å². The van der Waals surface area contributed by atoms with Gasteiger partial charge in [0.1, 0.15) is 11.5 Å². The van der Waals surface area contributed by atoms with Crippen molar-refractivity contribution in [3.05, 3.63) is 60.2 Å². The average molecular weight is 366 g/mol. The molecule has 1 aliphatic carbocycles. The summed E-state index contributed by atoms with van der Waals surface area (Å²) in [7, 11) is 1.69. The van der Waals surface area contributed by atoms with E-state index in [1.54, 1.807) is 7.11 Å². The molecule has 0 heterocycles. The van der Waals surface area contributed by atoms with Gasteiger partial charge in [-0.15, -0.1) is 0 Å². The van der Waals surface area contributed by atoms with Gasteiger partial charge in [-0.2, -0.15) is 0 Å². The molecule has 2 aromatic carbocycles. The summed E-state index contributed by atoms with van der Waals surface area (Å²) < 4.78 is 5.31. The molecule has 0 saturated heterocycles. The molecule has 0 amide bonds. The second kappa shape index (κ2) is 9.07. The van der Waals surface area contributed by atoms with E-state index in [1.165, 1.54) is 5.56 Å². The lowest BCUT2D eigenvalue weighted by Crippen LogP contribution is -2.45. The van der Waals surface area contributed by atoms with Crippen molar-refractivity contribution in [2.75, 3.05) is 12.4 Å². The fraction of sp³-hybridized carbons (Fsp3) is 0.458. The molecule has 0 aromatic heterocycles. The van der Waals surface area contributed by atoms with E-state index in [1.807, 2.05) is 12.1 Å². The molecule has 0 aliphatic heterocycles. The first-order valence-electron chi connectivity index (χ1n) is 10.2. The first-order chi connectivity index (χ1) is 13.2. The Morgan fingerprint density at radius 1 is 1.11 bits per heavy atom. The van der Waals surface area contributed by atoms with Gasteiger partial charge in [-0.3, -0.25) is 4.79 Å². The molecule has 3 rings (SSSR count). The zero-order chi connectivity index (χ0) is 19.1. The van der Waals surface area contributed by atoms with Crippen molar-refractivity contribution in [2.24, 2.45) is 5.92 Å². The Morgan fingerprint density at radius 2 is 1.85 bits per heavy atom. The molecule has 2 atom stereocenters. The van der Waals surface area contributed by atoms with Crippen LogP contribution in [-0.2, 0) is 10.3 Å². The van der Waals surface area contributed by atoms with E-state index >= 15 is 0 Å². The molecule has 0 bridgehead atoms. The minimum Gasteiger partial charge on any atom is -0.497 e. The molecule has 144 valence electrons. The van der Waals surface area contributed by atoms with E-state index in [-0.39, 0.29) is 5.54 Å². The van der Waals surface area contributed by atoms with Crippen LogP contribution in [0.4, 0.5) is 5.69 Å². The second-order valence-corrected chi connectivity index (χ2v) is 7.63. The third-order valence-electron chi connectivity index (χ3n) is 5.85. The summed E-state index contributed by atoms with van der Waals surface area (Å²) in [6.07, 6.45) is 6.78. The number of hydrogen-bond acceptors (Lipinski definition) is 3. The van der Waals surface area contributed by atoms with Crippen LogP contribution in [0.1, 0.15) is 57.4 Å². The summed E-state index contributed by atoms with van der Waals surface area (Å²) in [6.45, 7) is 2.23. The molecule has 1 aliphatic rings. The highest BCUT2D eigenvalue weighted by Crippen LogP contribution is 2.44. The minimum absolute atomic E-state index is 0.220. The number of ketones is 1. The van der Waals surface area contributed by atoms with Gasteiger partial charge in [-0.1, -0.05) is 50.1 Å². The Labute approximate surface area is 163 Å². The summed E-state index contributed by atoms with van der Waals surface area (Å²) in [5, 5.41) is 3.88. The van der Waals surface area contributed by atoms with Gasteiger partial charge >= 0.3 is 0 Å². The van der Waals surface area contributed by atoms with E-state index in [9.17, 15) is 4.79 Å². The Hall–Kier alpha value is -2.29. The van der Waals surface area contributed by atoms with Crippen LogP contribution in [0.3, 0.4) is 0 Å². The second-order valence-electron chi connectivity index (χ2n) is 7.63. The maximum atomic E-state index is 12.3. The van der Waals surface area contributed by atoms with Gasteiger partial charge in [-0.05, 0) is 55.0 Å². The zero-order valence-corrected chi connectivity index (χ0v) is 16.5. The van der Waals surface area contributed by atoms with Crippen molar-refractivity contribution in [1.82, 2.24) is 0 Å². The largest absolute Gasteiger partial charge is 0.497 e. The molecule has 1 fully saturated rings. The van der Waals surface area contributed by atoms with Crippen molar-refractivity contribution >= 4 is 11.5 Å². The average Bonchev–Trinajstić information content (AvgIpc) is 2.72. The van der Waals surface area contributed by atoms with E-state index in [0.29, 0.717) is 18.1 Å². The van der Waals surface area contributed by atoms with Gasteiger partial charge in [0.15, 0.2) is 0 Å². The molecule has 1 unspecified atom stereocenters. The lowest BCUT2D eigenvalue weighted by atomic mass is 9.68. The van der Waals surface area contributed by atoms with Crippen LogP contribution in [0.25, 0.3) is 0 Å². The topological polar surface area (TPSA) is 38.3 Å². The number of benzene rings is 2. The molecular weight excluding hydrogens is 334 g/mol. The number of hydrogen-bond donors (Lipinski definition) is 1. The SMILES string of the molecule is CCCC[C@](Nc1ccc(OC)cc1)(c1ccccc1)C1CCCC(=O)C1. The molecule has 3 heteroatoms. The van der Waals surface area contributed by atoms with E-state index in [4.69, 9.17) is 4.74 Å². The Balaban J connectivity index is 2.02. The number of ether oxygens (including phenoxy) is 1. The van der Waals surface area contributed by atoms with Crippen LogP contribution in [0.5, 0.6) is 5.75 Å². The monoisotopic (exact) mass is 365 g/mol. The van der Waals surface area contributed by atoms with Gasteiger partial charge in [0.05, 0.1) is 12.6 Å².